The van der Waals surface area contributed by atoms with Gasteiger partial charge in [-0.3, -0.25) is 0 Å². The number of hydrogen-bond donors (Lipinski definition) is 0. The summed E-state index contributed by atoms with van der Waals surface area (Å²) < 4.78 is 21.7. The highest BCUT2D eigenvalue weighted by Crippen LogP contribution is 2.24. The lowest BCUT2D eigenvalue weighted by molar-refractivity contribution is 0.191. The minimum Gasteiger partial charge on any atom is -0.496 e. The Labute approximate surface area is 77.3 Å². The number of hydrogen-bond acceptors (Lipinski definition) is 2. The molecule has 1 aromatic rings. The summed E-state index contributed by atoms with van der Waals surface area (Å²) in [5, 5.41) is 0. The maximum atomic E-state index is 11.8. The van der Waals surface area contributed by atoms with Crippen molar-refractivity contribution in [1.29, 1.82) is 0 Å². The largest absolute Gasteiger partial charge is 0.496 e. The third-order valence-electron chi connectivity index (χ3n) is 1.85. The first-order valence-corrected chi connectivity index (χ1v) is 4.17. The van der Waals surface area contributed by atoms with E-state index < -0.39 is 6.86 Å². The molecule has 0 aliphatic rings. The van der Waals surface area contributed by atoms with Crippen LogP contribution in [0.15, 0.2) is 18.2 Å². The molecule has 2 nitrogen and oxygen atoms in total. The molecule has 0 unspecified atom stereocenters. The first kappa shape index (κ1) is 9.84. The second-order valence-electron chi connectivity index (χ2n) is 2.58. The molecule has 1 rings (SSSR count). The van der Waals surface area contributed by atoms with Crippen LogP contribution in [0.5, 0.6) is 11.5 Å². The van der Waals surface area contributed by atoms with Gasteiger partial charge in [0.05, 0.1) is 7.11 Å². The molecule has 0 aliphatic carbocycles. The second kappa shape index (κ2) is 4.70. The molecule has 13 heavy (non-hydrogen) atoms. The molecule has 3 heteroatoms. The SMILES string of the molecule is CCc1cc(OCF)ccc1OC. The Kier molecular flexibility index (Phi) is 3.55. The molecule has 1 aromatic carbocycles. The number of methoxy groups -OCH3 is 1. The van der Waals surface area contributed by atoms with Crippen molar-refractivity contribution in [3.05, 3.63) is 23.8 Å². The normalized spacial score (nSPS) is 9.77. The highest BCUT2D eigenvalue weighted by molar-refractivity contribution is 5.40. The van der Waals surface area contributed by atoms with Crippen LogP contribution in [0.3, 0.4) is 0 Å². The predicted octanol–water partition coefficient (Wildman–Crippen LogP) is 2.56. The van der Waals surface area contributed by atoms with Gasteiger partial charge in [0.2, 0.25) is 6.86 Å². The van der Waals surface area contributed by atoms with E-state index in [1.165, 1.54) is 0 Å². The average molecular weight is 184 g/mol. The minimum atomic E-state index is -0.796. The van der Waals surface area contributed by atoms with Gasteiger partial charge in [-0.1, -0.05) is 6.92 Å². The lowest BCUT2D eigenvalue weighted by Crippen LogP contribution is -1.94. The molecule has 72 valence electrons. The van der Waals surface area contributed by atoms with Crippen molar-refractivity contribution in [3.8, 4) is 11.5 Å². The third kappa shape index (κ3) is 2.34. The Bertz CT molecular complexity index is 274. The van der Waals surface area contributed by atoms with Crippen LogP contribution in [0.1, 0.15) is 12.5 Å². The number of alkyl halides is 1. The molecule has 0 saturated heterocycles. The first-order valence-electron chi connectivity index (χ1n) is 4.17. The van der Waals surface area contributed by atoms with Gasteiger partial charge in [-0.05, 0) is 30.2 Å². The summed E-state index contributed by atoms with van der Waals surface area (Å²) in [6.45, 7) is 1.21. The van der Waals surface area contributed by atoms with Gasteiger partial charge >= 0.3 is 0 Å². The van der Waals surface area contributed by atoms with E-state index in [2.05, 4.69) is 0 Å². The fraction of sp³-hybridized carbons (Fsp3) is 0.400. The van der Waals surface area contributed by atoms with Gasteiger partial charge in [0.15, 0.2) is 0 Å². The molecule has 0 saturated carbocycles. The van der Waals surface area contributed by atoms with Crippen molar-refractivity contribution in [3.63, 3.8) is 0 Å². The maximum absolute atomic E-state index is 11.8. The molecule has 0 heterocycles. The highest BCUT2D eigenvalue weighted by Gasteiger charge is 2.02. The molecule has 0 aliphatic heterocycles. The van der Waals surface area contributed by atoms with Gasteiger partial charge in [-0.25, -0.2) is 4.39 Å². The van der Waals surface area contributed by atoms with Crippen molar-refractivity contribution in [2.24, 2.45) is 0 Å². The van der Waals surface area contributed by atoms with Crippen LogP contribution >= 0.6 is 0 Å². The van der Waals surface area contributed by atoms with Crippen LogP contribution in [0.2, 0.25) is 0 Å². The molecular weight excluding hydrogens is 171 g/mol. The second-order valence-corrected chi connectivity index (χ2v) is 2.58. The Morgan fingerprint density at radius 3 is 2.69 bits per heavy atom. The zero-order valence-corrected chi connectivity index (χ0v) is 7.84. The predicted molar refractivity (Wildman–Crippen MR) is 49.0 cm³/mol. The van der Waals surface area contributed by atoms with E-state index in [4.69, 9.17) is 9.47 Å². The van der Waals surface area contributed by atoms with E-state index in [0.717, 1.165) is 17.7 Å². The monoisotopic (exact) mass is 184 g/mol. The third-order valence-corrected chi connectivity index (χ3v) is 1.85. The zero-order valence-electron chi connectivity index (χ0n) is 7.84. The summed E-state index contributed by atoms with van der Waals surface area (Å²) in [4.78, 5) is 0. The van der Waals surface area contributed by atoms with Crippen molar-refractivity contribution in [1.82, 2.24) is 0 Å². The van der Waals surface area contributed by atoms with Gasteiger partial charge in [0.1, 0.15) is 11.5 Å². The van der Waals surface area contributed by atoms with E-state index in [-0.39, 0.29) is 0 Å². The van der Waals surface area contributed by atoms with Crippen LogP contribution < -0.4 is 9.47 Å². The van der Waals surface area contributed by atoms with Crippen molar-refractivity contribution < 1.29 is 13.9 Å². The Balaban J connectivity index is 2.91. The standard InChI is InChI=1S/C10H13FO2/c1-3-8-6-9(13-7-11)4-5-10(8)12-2/h4-6H,3,7H2,1-2H3. The number of halogens is 1. The van der Waals surface area contributed by atoms with E-state index in [9.17, 15) is 4.39 Å². The van der Waals surface area contributed by atoms with Crippen molar-refractivity contribution in [2.75, 3.05) is 14.0 Å². The summed E-state index contributed by atoms with van der Waals surface area (Å²) in [6.07, 6.45) is 0.840. The molecule has 0 bridgehead atoms. The topological polar surface area (TPSA) is 18.5 Å². The van der Waals surface area contributed by atoms with Gasteiger partial charge in [0.25, 0.3) is 0 Å². The molecule has 0 atom stereocenters. The molecule has 0 spiro atoms. The molecule has 0 fully saturated rings. The highest BCUT2D eigenvalue weighted by atomic mass is 19.1. The van der Waals surface area contributed by atoms with Crippen LogP contribution in [0.25, 0.3) is 0 Å². The van der Waals surface area contributed by atoms with Gasteiger partial charge < -0.3 is 9.47 Å². The molecule has 0 radical (unpaired) electrons. The van der Waals surface area contributed by atoms with Gasteiger partial charge in [-0.15, -0.1) is 0 Å². The van der Waals surface area contributed by atoms with Crippen LogP contribution in [-0.4, -0.2) is 14.0 Å². The summed E-state index contributed by atoms with van der Waals surface area (Å²) in [5.74, 6) is 1.36. The quantitative estimate of drug-likeness (QED) is 0.716. The van der Waals surface area contributed by atoms with Gasteiger partial charge in [0, 0.05) is 0 Å². The maximum Gasteiger partial charge on any atom is 0.228 e. The summed E-state index contributed by atoms with van der Waals surface area (Å²) >= 11 is 0. The average Bonchev–Trinajstić information content (AvgIpc) is 2.18. The zero-order chi connectivity index (χ0) is 9.68. The van der Waals surface area contributed by atoms with E-state index >= 15 is 0 Å². The van der Waals surface area contributed by atoms with Crippen LogP contribution in [0.4, 0.5) is 4.39 Å². The Morgan fingerprint density at radius 2 is 2.15 bits per heavy atom. The minimum absolute atomic E-state index is 0.542. The Hall–Kier alpha value is -1.25. The molecular formula is C10H13FO2. The van der Waals surface area contributed by atoms with Crippen LogP contribution in [-0.2, 0) is 6.42 Å². The molecule has 0 amide bonds. The number of ether oxygens (including phenoxy) is 2. The van der Waals surface area contributed by atoms with Crippen molar-refractivity contribution >= 4 is 0 Å². The summed E-state index contributed by atoms with van der Waals surface area (Å²) in [5.41, 5.74) is 1.02. The fourth-order valence-electron chi connectivity index (χ4n) is 1.18. The van der Waals surface area contributed by atoms with Gasteiger partial charge in [-0.2, -0.15) is 0 Å². The van der Waals surface area contributed by atoms with E-state index in [1.807, 2.05) is 6.92 Å². The number of benzene rings is 1. The van der Waals surface area contributed by atoms with E-state index in [0.29, 0.717) is 5.75 Å². The van der Waals surface area contributed by atoms with E-state index in [1.54, 1.807) is 25.3 Å². The first-order chi connectivity index (χ1) is 6.31. The van der Waals surface area contributed by atoms with Crippen molar-refractivity contribution in [2.45, 2.75) is 13.3 Å². The fourth-order valence-corrected chi connectivity index (χ4v) is 1.18. The summed E-state index contributed by atoms with van der Waals surface area (Å²) in [7, 11) is 1.62. The summed E-state index contributed by atoms with van der Waals surface area (Å²) in [6, 6.07) is 5.26. The smallest absolute Gasteiger partial charge is 0.228 e. The lowest BCUT2D eigenvalue weighted by atomic mass is 10.1. The molecule has 0 N–H and O–H groups in total. The number of aryl methyl sites for hydroxylation is 1. The van der Waals surface area contributed by atoms with Crippen LogP contribution in [0, 0.1) is 0 Å². The molecule has 0 aromatic heterocycles. The Morgan fingerprint density at radius 1 is 1.38 bits per heavy atom. The lowest BCUT2D eigenvalue weighted by Gasteiger charge is -2.08. The number of rotatable bonds is 4.